The van der Waals surface area contributed by atoms with Crippen LogP contribution >= 0.6 is 23.2 Å². The quantitative estimate of drug-likeness (QED) is 0.246. The lowest BCUT2D eigenvalue weighted by atomic mass is 10.0. The number of carbonyl (C=O) groups excluding carboxylic acids is 2. The van der Waals surface area contributed by atoms with E-state index in [-0.39, 0.29) is 29.6 Å². The monoisotopic (exact) mass is 619 g/mol. The number of amides is 2. The Morgan fingerprint density at radius 2 is 1.66 bits per heavy atom. The van der Waals surface area contributed by atoms with Gasteiger partial charge in [0, 0.05) is 24.5 Å². The number of nitrogens with one attached hydrogen (secondary N) is 1. The zero-order chi connectivity index (χ0) is 30.0. The van der Waals surface area contributed by atoms with Gasteiger partial charge in [0.05, 0.1) is 24.1 Å². The first-order chi connectivity index (χ1) is 19.5. The van der Waals surface area contributed by atoms with E-state index in [2.05, 4.69) is 5.32 Å². The molecule has 8 nitrogen and oxygen atoms in total. The molecular formula is C30H35Cl2N3O5S. The third kappa shape index (κ3) is 9.38. The van der Waals surface area contributed by atoms with Gasteiger partial charge < -0.3 is 15.0 Å². The lowest BCUT2D eigenvalue weighted by Crippen LogP contribution is -2.53. The number of anilines is 1. The molecule has 3 aromatic carbocycles. The average Bonchev–Trinajstić information content (AvgIpc) is 2.94. The van der Waals surface area contributed by atoms with E-state index in [1.54, 1.807) is 24.3 Å². The molecule has 41 heavy (non-hydrogen) atoms. The van der Waals surface area contributed by atoms with Gasteiger partial charge in [-0.25, -0.2) is 8.42 Å². The fourth-order valence-electron chi connectivity index (χ4n) is 4.27. The summed E-state index contributed by atoms with van der Waals surface area (Å²) in [5.74, 6) is -0.502. The number of methoxy groups -OCH3 is 1. The van der Waals surface area contributed by atoms with Crippen LogP contribution in [-0.2, 0) is 32.6 Å². The molecular weight excluding hydrogens is 585 g/mol. The maximum absolute atomic E-state index is 14.1. The Morgan fingerprint density at radius 3 is 2.24 bits per heavy atom. The fourth-order valence-corrected chi connectivity index (χ4v) is 5.49. The van der Waals surface area contributed by atoms with Crippen LogP contribution in [0.4, 0.5) is 5.69 Å². The second-order valence-corrected chi connectivity index (χ2v) is 12.3. The van der Waals surface area contributed by atoms with Crippen LogP contribution in [0.15, 0.2) is 72.8 Å². The summed E-state index contributed by atoms with van der Waals surface area (Å²) in [5, 5.41) is 3.68. The second-order valence-electron chi connectivity index (χ2n) is 9.59. The van der Waals surface area contributed by atoms with E-state index in [0.29, 0.717) is 17.3 Å². The van der Waals surface area contributed by atoms with Crippen LogP contribution in [0, 0.1) is 0 Å². The minimum atomic E-state index is -3.92. The van der Waals surface area contributed by atoms with E-state index in [1.165, 1.54) is 30.2 Å². The van der Waals surface area contributed by atoms with Crippen molar-refractivity contribution in [2.24, 2.45) is 0 Å². The van der Waals surface area contributed by atoms with Crippen molar-refractivity contribution in [3.63, 3.8) is 0 Å². The lowest BCUT2D eigenvalue weighted by molar-refractivity contribution is -0.140. The number of halogens is 2. The normalized spacial score (nSPS) is 11.9. The second kappa shape index (κ2) is 15.1. The first kappa shape index (κ1) is 32.2. The van der Waals surface area contributed by atoms with Gasteiger partial charge in [0.15, 0.2) is 0 Å². The molecule has 0 aliphatic heterocycles. The van der Waals surface area contributed by atoms with Crippen LogP contribution < -0.4 is 14.4 Å². The number of unbranched alkanes of at least 4 members (excludes halogenated alkanes) is 1. The highest BCUT2D eigenvalue weighted by molar-refractivity contribution is 7.92. The Morgan fingerprint density at radius 1 is 0.976 bits per heavy atom. The summed E-state index contributed by atoms with van der Waals surface area (Å²) in [5.41, 5.74) is 1.80. The van der Waals surface area contributed by atoms with Crippen molar-refractivity contribution in [1.82, 2.24) is 10.2 Å². The summed E-state index contributed by atoms with van der Waals surface area (Å²) in [6.07, 6.45) is 2.94. The topological polar surface area (TPSA) is 96.0 Å². The predicted molar refractivity (Wildman–Crippen MR) is 164 cm³/mol. The maximum atomic E-state index is 14.1. The van der Waals surface area contributed by atoms with Crippen molar-refractivity contribution in [2.75, 3.05) is 30.8 Å². The molecule has 2 amide bonds. The fraction of sp³-hybridized carbons (Fsp3) is 0.333. The molecule has 220 valence electrons. The minimum absolute atomic E-state index is 0.0651. The van der Waals surface area contributed by atoms with Crippen molar-refractivity contribution < 1.29 is 22.7 Å². The van der Waals surface area contributed by atoms with Crippen molar-refractivity contribution >= 4 is 50.7 Å². The standard InChI is InChI=1S/C30H35Cl2N3O5S/c1-4-5-17-33-30(37)27(18-22-9-7-6-8-10-22)34(20-23-11-13-24(31)14-12-23)29(36)21-35(41(3,38)39)25-15-16-28(40-2)26(32)19-25/h6-16,19,27H,4-5,17-18,20-21H2,1-3H3,(H,33,37)/t27-/m0/s1. The molecule has 0 spiro atoms. The summed E-state index contributed by atoms with van der Waals surface area (Å²) >= 11 is 12.4. The largest absolute Gasteiger partial charge is 0.495 e. The number of hydrogen-bond donors (Lipinski definition) is 1. The van der Waals surface area contributed by atoms with Gasteiger partial charge in [-0.2, -0.15) is 0 Å². The predicted octanol–water partition coefficient (Wildman–Crippen LogP) is 5.32. The summed E-state index contributed by atoms with van der Waals surface area (Å²) < 4.78 is 32.0. The van der Waals surface area contributed by atoms with E-state index < -0.39 is 28.5 Å². The first-order valence-corrected chi connectivity index (χ1v) is 15.8. The molecule has 1 atom stereocenters. The molecule has 0 fully saturated rings. The van der Waals surface area contributed by atoms with Crippen LogP contribution in [0.2, 0.25) is 10.0 Å². The van der Waals surface area contributed by atoms with E-state index >= 15 is 0 Å². The van der Waals surface area contributed by atoms with Gasteiger partial charge in [-0.15, -0.1) is 0 Å². The Labute approximate surface area is 252 Å². The third-order valence-electron chi connectivity index (χ3n) is 6.47. The molecule has 0 saturated heterocycles. The van der Waals surface area contributed by atoms with Crippen molar-refractivity contribution in [3.05, 3.63) is 94.0 Å². The number of hydrogen-bond acceptors (Lipinski definition) is 5. The molecule has 0 saturated carbocycles. The van der Waals surface area contributed by atoms with Crippen LogP contribution in [0.5, 0.6) is 5.75 Å². The number of ether oxygens (including phenoxy) is 1. The average molecular weight is 621 g/mol. The molecule has 0 aromatic heterocycles. The number of nitrogens with zero attached hydrogens (tertiary/aromatic N) is 2. The molecule has 0 aliphatic rings. The molecule has 0 bridgehead atoms. The van der Waals surface area contributed by atoms with Gasteiger partial charge in [-0.05, 0) is 47.9 Å². The summed E-state index contributed by atoms with van der Waals surface area (Å²) in [6.45, 7) is 2.01. The van der Waals surface area contributed by atoms with E-state index in [0.717, 1.165) is 34.5 Å². The van der Waals surface area contributed by atoms with E-state index in [1.807, 2.05) is 37.3 Å². The van der Waals surface area contributed by atoms with Gasteiger partial charge in [0.25, 0.3) is 0 Å². The molecule has 3 aromatic rings. The smallest absolute Gasteiger partial charge is 0.244 e. The maximum Gasteiger partial charge on any atom is 0.244 e. The Bertz CT molecular complexity index is 1420. The molecule has 1 N–H and O–H groups in total. The molecule has 3 rings (SSSR count). The van der Waals surface area contributed by atoms with Crippen LogP contribution in [0.1, 0.15) is 30.9 Å². The first-order valence-electron chi connectivity index (χ1n) is 13.2. The molecule has 0 radical (unpaired) electrons. The Balaban J connectivity index is 2.04. The van der Waals surface area contributed by atoms with Crippen molar-refractivity contribution in [2.45, 2.75) is 38.8 Å². The Hall–Kier alpha value is -3.27. The third-order valence-corrected chi connectivity index (χ3v) is 8.16. The van der Waals surface area contributed by atoms with Crippen LogP contribution in [0.25, 0.3) is 0 Å². The highest BCUT2D eigenvalue weighted by atomic mass is 35.5. The van der Waals surface area contributed by atoms with Crippen LogP contribution in [-0.4, -0.2) is 57.6 Å². The highest BCUT2D eigenvalue weighted by Crippen LogP contribution is 2.30. The molecule has 0 aliphatic carbocycles. The summed E-state index contributed by atoms with van der Waals surface area (Å²) in [4.78, 5) is 29.1. The number of rotatable bonds is 14. The number of carbonyl (C=O) groups is 2. The SMILES string of the molecule is CCCCNC(=O)[C@H](Cc1ccccc1)N(Cc1ccc(Cl)cc1)C(=O)CN(c1ccc(OC)c(Cl)c1)S(C)(=O)=O. The lowest BCUT2D eigenvalue weighted by Gasteiger charge is -2.33. The highest BCUT2D eigenvalue weighted by Gasteiger charge is 2.33. The van der Waals surface area contributed by atoms with E-state index in [4.69, 9.17) is 27.9 Å². The number of benzene rings is 3. The Kier molecular flexibility index (Phi) is 11.9. The van der Waals surface area contributed by atoms with Crippen LogP contribution in [0.3, 0.4) is 0 Å². The van der Waals surface area contributed by atoms with E-state index in [9.17, 15) is 18.0 Å². The van der Waals surface area contributed by atoms with Gasteiger partial charge in [-0.1, -0.05) is 79.0 Å². The molecule has 11 heteroatoms. The number of sulfonamides is 1. The van der Waals surface area contributed by atoms with Gasteiger partial charge in [0.1, 0.15) is 18.3 Å². The summed E-state index contributed by atoms with van der Waals surface area (Å²) in [7, 11) is -2.47. The van der Waals surface area contributed by atoms with Gasteiger partial charge in [-0.3, -0.25) is 13.9 Å². The zero-order valence-electron chi connectivity index (χ0n) is 23.3. The van der Waals surface area contributed by atoms with Crippen molar-refractivity contribution in [1.29, 1.82) is 0 Å². The zero-order valence-corrected chi connectivity index (χ0v) is 25.7. The van der Waals surface area contributed by atoms with Gasteiger partial charge >= 0.3 is 0 Å². The molecule has 0 heterocycles. The summed E-state index contributed by atoms with van der Waals surface area (Å²) in [6, 6.07) is 19.9. The molecule has 0 unspecified atom stereocenters. The minimum Gasteiger partial charge on any atom is -0.495 e. The van der Waals surface area contributed by atoms with Crippen molar-refractivity contribution in [3.8, 4) is 5.75 Å². The van der Waals surface area contributed by atoms with Gasteiger partial charge in [0.2, 0.25) is 21.8 Å².